The molecular weight excluding hydrogens is 560 g/mol. The predicted molar refractivity (Wildman–Crippen MR) is 146 cm³/mol. The number of fused-ring (bicyclic) bond motifs is 3. The lowest BCUT2D eigenvalue weighted by Gasteiger charge is -2.63. The summed E-state index contributed by atoms with van der Waals surface area (Å²) in [5, 5.41) is 23.2. The molecule has 6 aliphatic heterocycles. The molecule has 43 heavy (non-hydrogen) atoms. The third-order valence-electron chi connectivity index (χ3n) is 12.6. The zero-order valence-electron chi connectivity index (χ0n) is 25.6. The van der Waals surface area contributed by atoms with E-state index in [9.17, 15) is 19.8 Å². The molecule has 0 radical (unpaired) electrons. The fourth-order valence-corrected chi connectivity index (χ4v) is 11.1. The van der Waals surface area contributed by atoms with Gasteiger partial charge < -0.3 is 43.4 Å². The average Bonchev–Trinajstić information content (AvgIpc) is 3.43. The van der Waals surface area contributed by atoms with Gasteiger partial charge in [0, 0.05) is 43.9 Å². The highest BCUT2D eigenvalue weighted by Crippen LogP contribution is 2.77. The van der Waals surface area contributed by atoms with Gasteiger partial charge in [-0.2, -0.15) is 0 Å². The van der Waals surface area contributed by atoms with Gasteiger partial charge in [-0.1, -0.05) is 52.5 Å². The minimum absolute atomic E-state index is 0.0153. The van der Waals surface area contributed by atoms with Gasteiger partial charge in [-0.25, -0.2) is 4.79 Å². The number of rotatable bonds is 3. The fraction of sp³-hybridized carbons (Fsp3) is 0.875. The van der Waals surface area contributed by atoms with Crippen molar-refractivity contribution in [3.63, 3.8) is 0 Å². The molecule has 3 spiro atoms. The molecule has 11 heteroatoms. The van der Waals surface area contributed by atoms with E-state index in [4.69, 9.17) is 33.2 Å². The maximum Gasteiger partial charge on any atom is 0.344 e. The number of carbonyl (C=O) groups is 2. The first-order valence-corrected chi connectivity index (χ1v) is 16.1. The summed E-state index contributed by atoms with van der Waals surface area (Å²) in [5.74, 6) is -6.35. The Morgan fingerprint density at radius 1 is 1.02 bits per heavy atom. The molecule has 1 unspecified atom stereocenters. The monoisotopic (exact) mass is 604 g/mol. The Bertz CT molecular complexity index is 1290. The van der Waals surface area contributed by atoms with Crippen LogP contribution >= 0.6 is 0 Å². The van der Waals surface area contributed by atoms with Gasteiger partial charge in [0.05, 0.1) is 12.2 Å². The zero-order chi connectivity index (χ0) is 30.5. The van der Waals surface area contributed by atoms with Crippen LogP contribution in [0.25, 0.3) is 0 Å². The van der Waals surface area contributed by atoms with Crippen LogP contribution in [0.15, 0.2) is 12.2 Å². The number of esters is 2. The van der Waals surface area contributed by atoms with Crippen LogP contribution in [0.4, 0.5) is 0 Å². The third-order valence-corrected chi connectivity index (χ3v) is 12.6. The molecule has 2 N–H and O–H groups in total. The highest BCUT2D eigenvalue weighted by Gasteiger charge is 2.95. The summed E-state index contributed by atoms with van der Waals surface area (Å²) in [6.07, 6.45) is 2.20. The quantitative estimate of drug-likeness (QED) is 0.279. The molecule has 0 amide bonds. The van der Waals surface area contributed by atoms with Crippen LogP contribution in [0.3, 0.4) is 0 Å². The molecule has 0 aromatic heterocycles. The van der Waals surface area contributed by atoms with Crippen molar-refractivity contribution in [3.8, 4) is 0 Å². The van der Waals surface area contributed by atoms with Crippen LogP contribution in [-0.4, -0.2) is 87.3 Å². The van der Waals surface area contributed by atoms with Gasteiger partial charge in [0.15, 0.2) is 5.60 Å². The molecule has 8 fully saturated rings. The molecule has 15 atom stereocenters. The smallest absolute Gasteiger partial charge is 0.344 e. The minimum Gasteiger partial charge on any atom is -0.459 e. The summed E-state index contributed by atoms with van der Waals surface area (Å²) in [5.41, 5.74) is -5.36. The molecule has 11 nitrogen and oxygen atoms in total. The van der Waals surface area contributed by atoms with E-state index in [0.29, 0.717) is 12.0 Å². The van der Waals surface area contributed by atoms with Crippen molar-refractivity contribution in [2.45, 2.75) is 138 Å². The van der Waals surface area contributed by atoms with E-state index in [1.165, 1.54) is 6.92 Å². The van der Waals surface area contributed by atoms with Crippen molar-refractivity contribution in [3.05, 3.63) is 12.2 Å². The molecule has 238 valence electrons. The van der Waals surface area contributed by atoms with Crippen LogP contribution in [-0.2, 0) is 42.7 Å². The van der Waals surface area contributed by atoms with Crippen molar-refractivity contribution < 1.29 is 53.0 Å². The minimum atomic E-state index is -1.89. The van der Waals surface area contributed by atoms with E-state index in [0.717, 1.165) is 38.5 Å². The Balaban J connectivity index is 1.45. The predicted octanol–water partition coefficient (Wildman–Crippen LogP) is 2.50. The third kappa shape index (κ3) is 3.07. The van der Waals surface area contributed by atoms with Crippen LogP contribution in [0, 0.1) is 29.6 Å². The first-order valence-electron chi connectivity index (χ1n) is 16.1. The molecule has 6 heterocycles. The summed E-state index contributed by atoms with van der Waals surface area (Å²) < 4.78 is 46.5. The number of aliphatic hydroxyl groups is 2. The molecule has 5 bridgehead atoms. The lowest BCUT2D eigenvalue weighted by atomic mass is 9.49. The number of carbonyl (C=O) groups excluding carboxylic acids is 2. The van der Waals surface area contributed by atoms with Gasteiger partial charge in [0.25, 0.3) is 5.97 Å². The SMILES string of the molecule is C=C(C)[C@@]12OC34CCCCCCC[C@@H](C)[C@@H]5[C@@H]6[C@]7(O[C@]5(C)OC7=O)[C@H](O)[C@@]5(CO)O[C@H]5[C@@H]([C@H]1O3)[C@]6(O4)[C@H](C)[C@@H]2OC(C)=O. The first kappa shape index (κ1) is 28.8. The van der Waals surface area contributed by atoms with Crippen molar-refractivity contribution in [1.82, 2.24) is 0 Å². The number of aliphatic hydroxyl groups excluding tert-OH is 2. The number of ether oxygens (including phenoxy) is 7. The molecule has 2 aliphatic carbocycles. The van der Waals surface area contributed by atoms with E-state index in [1.807, 2.05) is 13.8 Å². The van der Waals surface area contributed by atoms with E-state index >= 15 is 0 Å². The van der Waals surface area contributed by atoms with E-state index in [2.05, 4.69) is 13.5 Å². The highest BCUT2D eigenvalue weighted by molar-refractivity contribution is 5.86. The largest absolute Gasteiger partial charge is 0.459 e. The molecular formula is C32H44O11. The summed E-state index contributed by atoms with van der Waals surface area (Å²) in [6.45, 7) is 12.9. The molecule has 8 rings (SSSR count). The topological polar surface area (TPSA) is 143 Å². The standard InChI is InChI=1S/C32H44O11/c1-15(2)30-22(37-18(5)34)17(4)31-20-23-28(14-33,38-23)25(35)32-21(31)19(27(6,41-32)40-26(32)36)16(3)12-10-8-7-9-11-13-29(42-30,43-31)39-24(20)30/h16-17,19-25,33,35H,1,7-14H2,2-6H3/t16-,17-,19-,20+,21+,22+,23+,24-,25-,27+,28+,29?,30+,31-,32+/m1/s1. The van der Waals surface area contributed by atoms with Gasteiger partial charge in [-0.05, 0) is 24.8 Å². The average molecular weight is 605 g/mol. The molecule has 0 aromatic carbocycles. The summed E-state index contributed by atoms with van der Waals surface area (Å²) in [6, 6.07) is 0. The molecule has 0 aromatic rings. The van der Waals surface area contributed by atoms with E-state index in [-0.39, 0.29) is 11.8 Å². The van der Waals surface area contributed by atoms with Gasteiger partial charge in [0.2, 0.25) is 11.4 Å². The Morgan fingerprint density at radius 3 is 2.44 bits per heavy atom. The summed E-state index contributed by atoms with van der Waals surface area (Å²) >= 11 is 0. The van der Waals surface area contributed by atoms with Crippen molar-refractivity contribution >= 4 is 11.9 Å². The lowest BCUT2D eigenvalue weighted by Crippen LogP contribution is -2.78. The maximum absolute atomic E-state index is 14.2. The Kier molecular flexibility index (Phi) is 5.77. The second-order valence-electron chi connectivity index (χ2n) is 14.8. The van der Waals surface area contributed by atoms with Gasteiger partial charge in [-0.3, -0.25) is 4.79 Å². The van der Waals surface area contributed by atoms with Crippen LogP contribution in [0.5, 0.6) is 0 Å². The second-order valence-corrected chi connectivity index (χ2v) is 14.8. The Morgan fingerprint density at radius 2 is 1.74 bits per heavy atom. The number of epoxide rings is 1. The maximum atomic E-state index is 14.2. The Labute approximate surface area is 251 Å². The van der Waals surface area contributed by atoms with Crippen molar-refractivity contribution in [1.29, 1.82) is 0 Å². The lowest BCUT2D eigenvalue weighted by molar-refractivity contribution is -0.436. The second kappa shape index (κ2) is 8.60. The molecule has 2 saturated carbocycles. The van der Waals surface area contributed by atoms with Gasteiger partial charge in [0.1, 0.15) is 30.0 Å². The van der Waals surface area contributed by atoms with Crippen LogP contribution in [0.1, 0.15) is 79.6 Å². The molecule has 8 aliphatic rings. The van der Waals surface area contributed by atoms with Gasteiger partial charge >= 0.3 is 11.9 Å². The van der Waals surface area contributed by atoms with Crippen molar-refractivity contribution in [2.75, 3.05) is 6.61 Å². The first-order chi connectivity index (χ1) is 20.3. The zero-order valence-corrected chi connectivity index (χ0v) is 25.6. The van der Waals surface area contributed by atoms with Crippen molar-refractivity contribution in [2.24, 2.45) is 29.6 Å². The van der Waals surface area contributed by atoms with Crippen LogP contribution < -0.4 is 0 Å². The number of hydrogen-bond acceptors (Lipinski definition) is 11. The van der Waals surface area contributed by atoms with Gasteiger partial charge in [-0.15, -0.1) is 0 Å². The number of hydrogen-bond donors (Lipinski definition) is 2. The van der Waals surface area contributed by atoms with Crippen LogP contribution in [0.2, 0.25) is 0 Å². The molecule has 6 saturated heterocycles. The van der Waals surface area contributed by atoms with E-state index in [1.54, 1.807) is 6.92 Å². The summed E-state index contributed by atoms with van der Waals surface area (Å²) in [7, 11) is 0. The fourth-order valence-electron chi connectivity index (χ4n) is 11.1. The normalized spacial score (nSPS) is 59.2. The van der Waals surface area contributed by atoms with E-state index < -0.39 is 94.9 Å². The summed E-state index contributed by atoms with van der Waals surface area (Å²) in [4.78, 5) is 26.9. The Hall–Kier alpha value is -1.60. The highest BCUT2D eigenvalue weighted by atomic mass is 16.9.